The lowest BCUT2D eigenvalue weighted by Gasteiger charge is -2.36. The third-order valence-electron chi connectivity index (χ3n) is 5.79. The largest absolute Gasteiger partial charge is 0.507 e. The molecule has 0 aromatic heterocycles. The minimum Gasteiger partial charge on any atom is -0.507 e. The molecule has 32 heavy (non-hydrogen) atoms. The van der Waals surface area contributed by atoms with E-state index in [9.17, 15) is 14.7 Å². The molecule has 1 aliphatic rings. The van der Waals surface area contributed by atoms with Gasteiger partial charge in [-0.25, -0.2) is 0 Å². The molecule has 0 unspecified atom stereocenters. The predicted molar refractivity (Wildman–Crippen MR) is 127 cm³/mol. The van der Waals surface area contributed by atoms with E-state index in [0.717, 1.165) is 16.7 Å². The maximum Gasteiger partial charge on any atom is 0.302 e. The second-order valence-electron chi connectivity index (χ2n) is 8.74. The Hall–Kier alpha value is -3.08. The fraction of sp³-hybridized carbons (Fsp3) is 0.407. The number of carbonyl (C=O) groups is 2. The van der Waals surface area contributed by atoms with Crippen molar-refractivity contribution in [1.29, 1.82) is 0 Å². The fourth-order valence-corrected chi connectivity index (χ4v) is 3.87. The lowest BCUT2D eigenvalue weighted by molar-refractivity contribution is -0.142. The number of carbonyl (C=O) groups excluding carboxylic acids is 2. The van der Waals surface area contributed by atoms with Gasteiger partial charge in [-0.1, -0.05) is 41.0 Å². The van der Waals surface area contributed by atoms with Crippen LogP contribution in [0.5, 0.6) is 5.75 Å². The number of hydrogen-bond acceptors (Lipinski definition) is 5. The lowest BCUT2D eigenvalue weighted by Crippen LogP contribution is -2.36. The van der Waals surface area contributed by atoms with E-state index < -0.39 is 11.4 Å². The van der Waals surface area contributed by atoms with Crippen LogP contribution < -0.4 is 4.74 Å². The second kappa shape index (κ2) is 10.5. The molecule has 0 aliphatic heterocycles. The number of benzene rings is 1. The van der Waals surface area contributed by atoms with Crippen molar-refractivity contribution in [3.05, 3.63) is 70.0 Å². The SMILES string of the molecule is COc1cccc(C2=C(O)C=C(C)C(CC=C(C)C)(CC=C(C)C)C2=O)c1COC(C)=O. The highest BCUT2D eigenvalue weighted by atomic mass is 16.5. The Bertz CT molecular complexity index is 992. The topological polar surface area (TPSA) is 72.8 Å². The molecule has 0 saturated heterocycles. The Labute approximate surface area is 191 Å². The maximum atomic E-state index is 14.1. The average molecular weight is 439 g/mol. The number of ether oxygens (including phenoxy) is 2. The van der Waals surface area contributed by atoms with Crippen molar-refractivity contribution in [2.45, 2.75) is 61.0 Å². The van der Waals surface area contributed by atoms with Crippen molar-refractivity contribution in [3.63, 3.8) is 0 Å². The highest BCUT2D eigenvalue weighted by Crippen LogP contribution is 2.47. The zero-order valence-corrected chi connectivity index (χ0v) is 20.2. The summed E-state index contributed by atoms with van der Waals surface area (Å²) in [5.41, 5.74) is 3.54. The van der Waals surface area contributed by atoms with Gasteiger partial charge in [-0.3, -0.25) is 9.59 Å². The number of Topliss-reactive ketones (excluding diaryl/α,β-unsaturated/α-hetero) is 1. The number of esters is 1. The van der Waals surface area contributed by atoms with Crippen LogP contribution in [0.4, 0.5) is 0 Å². The number of hydrogen-bond donors (Lipinski definition) is 1. The summed E-state index contributed by atoms with van der Waals surface area (Å²) in [5, 5.41) is 10.9. The van der Waals surface area contributed by atoms with E-state index in [-0.39, 0.29) is 23.7 Å². The van der Waals surface area contributed by atoms with Crippen molar-refractivity contribution >= 4 is 17.3 Å². The van der Waals surface area contributed by atoms with Gasteiger partial charge in [0.25, 0.3) is 0 Å². The molecule has 0 fully saturated rings. The molecule has 2 rings (SSSR count). The van der Waals surface area contributed by atoms with Gasteiger partial charge in [0.1, 0.15) is 18.1 Å². The first-order chi connectivity index (χ1) is 15.0. The third-order valence-corrected chi connectivity index (χ3v) is 5.79. The number of aliphatic hydroxyl groups excluding tert-OH is 1. The molecule has 5 nitrogen and oxygen atoms in total. The summed E-state index contributed by atoms with van der Waals surface area (Å²) < 4.78 is 10.7. The number of ketones is 1. The van der Waals surface area contributed by atoms with Crippen LogP contribution >= 0.6 is 0 Å². The molecule has 0 saturated carbocycles. The van der Waals surface area contributed by atoms with Crippen molar-refractivity contribution < 1.29 is 24.2 Å². The molecule has 0 heterocycles. The molecule has 172 valence electrons. The van der Waals surface area contributed by atoms with Crippen LogP contribution in [0.15, 0.2) is 58.9 Å². The quantitative estimate of drug-likeness (QED) is 0.383. The summed E-state index contributed by atoms with van der Waals surface area (Å²) in [6, 6.07) is 5.26. The van der Waals surface area contributed by atoms with Crippen molar-refractivity contribution in [3.8, 4) is 5.75 Å². The first-order valence-corrected chi connectivity index (χ1v) is 10.8. The van der Waals surface area contributed by atoms with Gasteiger partial charge in [-0.2, -0.15) is 0 Å². The molecular formula is C27H34O5. The molecular weight excluding hydrogens is 404 g/mol. The zero-order chi connectivity index (χ0) is 24.1. The minimum atomic E-state index is -0.808. The van der Waals surface area contributed by atoms with Crippen LogP contribution in [0.2, 0.25) is 0 Å². The summed E-state index contributed by atoms with van der Waals surface area (Å²) in [5.74, 6) is -0.188. The Kier molecular flexibility index (Phi) is 8.25. The van der Waals surface area contributed by atoms with Gasteiger partial charge in [-0.15, -0.1) is 0 Å². The Balaban J connectivity index is 2.73. The van der Waals surface area contributed by atoms with Crippen molar-refractivity contribution in [2.75, 3.05) is 7.11 Å². The molecule has 1 N–H and O–H groups in total. The summed E-state index contributed by atoms with van der Waals surface area (Å²) in [6.07, 6.45) is 6.88. The standard InChI is InChI=1S/C27H34O5/c1-17(2)11-13-27(14-12-18(3)4)19(5)15-23(29)25(26(27)30)21-9-8-10-24(31-7)22(21)16-32-20(6)28/h8-12,15,29H,13-14,16H2,1-7H3. The van der Waals surface area contributed by atoms with E-state index in [1.165, 1.54) is 14.0 Å². The minimum absolute atomic E-state index is 0.0591. The van der Waals surface area contributed by atoms with Crippen LogP contribution in [-0.2, 0) is 20.9 Å². The van der Waals surface area contributed by atoms with Crippen molar-refractivity contribution in [1.82, 2.24) is 0 Å². The first-order valence-electron chi connectivity index (χ1n) is 10.8. The Morgan fingerprint density at radius 3 is 2.16 bits per heavy atom. The van der Waals surface area contributed by atoms with Gasteiger partial charge in [-0.05, 0) is 65.2 Å². The zero-order valence-electron chi connectivity index (χ0n) is 20.2. The first kappa shape index (κ1) is 25.2. The van der Waals surface area contributed by atoms with Gasteiger partial charge in [0, 0.05) is 12.5 Å². The van der Waals surface area contributed by atoms with Crippen molar-refractivity contribution in [2.24, 2.45) is 5.41 Å². The van der Waals surface area contributed by atoms with Crippen LogP contribution in [0.25, 0.3) is 5.57 Å². The van der Waals surface area contributed by atoms with Gasteiger partial charge in [0.15, 0.2) is 5.78 Å². The van der Waals surface area contributed by atoms with Crippen LogP contribution in [0, 0.1) is 5.41 Å². The van der Waals surface area contributed by atoms with E-state index >= 15 is 0 Å². The summed E-state index contributed by atoms with van der Waals surface area (Å²) >= 11 is 0. The maximum absolute atomic E-state index is 14.1. The van der Waals surface area contributed by atoms with Crippen LogP contribution in [0.3, 0.4) is 0 Å². The van der Waals surface area contributed by atoms with Crippen LogP contribution in [-0.4, -0.2) is 24.0 Å². The molecule has 0 radical (unpaired) electrons. The third kappa shape index (κ3) is 5.39. The van der Waals surface area contributed by atoms with Gasteiger partial charge in [0.2, 0.25) is 0 Å². The fourth-order valence-electron chi connectivity index (χ4n) is 3.87. The molecule has 0 spiro atoms. The molecule has 0 bridgehead atoms. The van der Waals surface area contributed by atoms with E-state index in [4.69, 9.17) is 9.47 Å². The predicted octanol–water partition coefficient (Wildman–Crippen LogP) is 6.26. The van der Waals surface area contributed by atoms with E-state index in [1.54, 1.807) is 24.3 Å². The summed E-state index contributed by atoms with van der Waals surface area (Å²) in [6.45, 7) is 11.2. The normalized spacial score (nSPS) is 15.1. The molecule has 1 aromatic rings. The lowest BCUT2D eigenvalue weighted by atomic mass is 9.65. The number of rotatable bonds is 8. The molecule has 0 amide bonds. The highest BCUT2D eigenvalue weighted by Gasteiger charge is 2.44. The summed E-state index contributed by atoms with van der Waals surface area (Å²) in [4.78, 5) is 25.6. The number of methoxy groups -OCH3 is 1. The molecule has 1 aromatic carbocycles. The van der Waals surface area contributed by atoms with Gasteiger partial charge in [0.05, 0.1) is 18.1 Å². The van der Waals surface area contributed by atoms with Gasteiger partial charge < -0.3 is 14.6 Å². The smallest absolute Gasteiger partial charge is 0.302 e. The molecule has 1 aliphatic carbocycles. The summed E-state index contributed by atoms with van der Waals surface area (Å²) in [7, 11) is 1.52. The van der Waals surface area contributed by atoms with E-state index in [0.29, 0.717) is 29.7 Å². The molecule has 5 heteroatoms. The van der Waals surface area contributed by atoms with Crippen LogP contribution in [0.1, 0.15) is 65.5 Å². The number of allylic oxidation sites excluding steroid dienone is 7. The van der Waals surface area contributed by atoms with E-state index in [2.05, 4.69) is 12.2 Å². The highest BCUT2D eigenvalue weighted by molar-refractivity contribution is 6.26. The Morgan fingerprint density at radius 1 is 1.06 bits per heavy atom. The Morgan fingerprint density at radius 2 is 1.66 bits per heavy atom. The van der Waals surface area contributed by atoms with E-state index in [1.807, 2.05) is 34.6 Å². The van der Waals surface area contributed by atoms with Gasteiger partial charge >= 0.3 is 5.97 Å². The monoisotopic (exact) mass is 438 g/mol. The molecule has 0 atom stereocenters. The number of aliphatic hydroxyl groups is 1. The average Bonchev–Trinajstić information content (AvgIpc) is 2.71. The second-order valence-corrected chi connectivity index (χ2v) is 8.74.